The van der Waals surface area contributed by atoms with Crippen LogP contribution in [0.5, 0.6) is 0 Å². The zero-order chi connectivity index (χ0) is 8.27. The fourth-order valence-corrected chi connectivity index (χ4v) is 1.65. The van der Waals surface area contributed by atoms with Crippen LogP contribution in [0.4, 0.5) is 0 Å². The van der Waals surface area contributed by atoms with Crippen LogP contribution in [0.2, 0.25) is 0 Å². The molecule has 0 heterocycles. The van der Waals surface area contributed by atoms with E-state index in [2.05, 4.69) is 5.32 Å². The van der Waals surface area contributed by atoms with Crippen LogP contribution in [0, 0.1) is 5.92 Å². The lowest BCUT2D eigenvalue weighted by Gasteiger charge is -2.17. The van der Waals surface area contributed by atoms with Crippen molar-refractivity contribution < 1.29 is 0 Å². The second-order valence-electron chi connectivity index (χ2n) is 2.61. The van der Waals surface area contributed by atoms with Crippen LogP contribution in [0.15, 0.2) is 22.2 Å². The maximum atomic E-state index is 5.95. The van der Waals surface area contributed by atoms with E-state index < -0.39 is 0 Å². The molecule has 1 rings (SSSR count). The third-order valence-electron chi connectivity index (χ3n) is 1.71. The molecule has 1 aliphatic carbocycles. The first kappa shape index (κ1) is 9.11. The molecule has 1 unspecified atom stereocenters. The molecule has 1 aliphatic rings. The first-order valence-electron chi connectivity index (χ1n) is 3.61. The van der Waals surface area contributed by atoms with Crippen LogP contribution in [-0.2, 0) is 0 Å². The highest BCUT2D eigenvalue weighted by Crippen LogP contribution is 2.27. The van der Waals surface area contributed by atoms with Gasteiger partial charge in [0.05, 0.1) is 0 Å². The Morgan fingerprint density at radius 3 is 2.91 bits per heavy atom. The van der Waals surface area contributed by atoms with Crippen LogP contribution >= 0.6 is 23.2 Å². The molecule has 1 atom stereocenters. The van der Waals surface area contributed by atoms with E-state index in [9.17, 15) is 0 Å². The van der Waals surface area contributed by atoms with Gasteiger partial charge < -0.3 is 5.32 Å². The molecule has 0 fully saturated rings. The second kappa shape index (κ2) is 4.15. The Balaban J connectivity index is 2.56. The molecule has 1 N–H and O–H groups in total. The van der Waals surface area contributed by atoms with E-state index in [0.717, 1.165) is 23.0 Å². The van der Waals surface area contributed by atoms with Gasteiger partial charge in [0, 0.05) is 22.5 Å². The number of hydrogen-bond acceptors (Lipinski definition) is 1. The predicted octanol–water partition coefficient (Wildman–Crippen LogP) is 2.47. The topological polar surface area (TPSA) is 12.0 Å². The monoisotopic (exact) mass is 191 g/mol. The summed E-state index contributed by atoms with van der Waals surface area (Å²) in [4.78, 5) is 0. The highest BCUT2D eigenvalue weighted by atomic mass is 35.5. The summed E-state index contributed by atoms with van der Waals surface area (Å²) < 4.78 is 0. The van der Waals surface area contributed by atoms with Crippen molar-refractivity contribution in [2.75, 3.05) is 13.6 Å². The maximum Gasteiger partial charge on any atom is 0.0377 e. The lowest BCUT2D eigenvalue weighted by atomic mass is 10.0. The molecule has 11 heavy (non-hydrogen) atoms. The number of rotatable bonds is 2. The van der Waals surface area contributed by atoms with Gasteiger partial charge in [-0.15, -0.1) is 0 Å². The molecule has 0 bridgehead atoms. The first-order chi connectivity index (χ1) is 5.24. The highest BCUT2D eigenvalue weighted by molar-refractivity contribution is 6.35. The van der Waals surface area contributed by atoms with Crippen LogP contribution in [0.25, 0.3) is 0 Å². The summed E-state index contributed by atoms with van der Waals surface area (Å²) in [6, 6.07) is 0. The smallest absolute Gasteiger partial charge is 0.0377 e. The summed E-state index contributed by atoms with van der Waals surface area (Å²) in [7, 11) is 1.92. The van der Waals surface area contributed by atoms with Gasteiger partial charge in [0.2, 0.25) is 0 Å². The minimum Gasteiger partial charge on any atom is -0.319 e. The quantitative estimate of drug-likeness (QED) is 0.708. The number of allylic oxidation sites excluding steroid dienone is 3. The van der Waals surface area contributed by atoms with Crippen molar-refractivity contribution in [2.45, 2.75) is 6.42 Å². The first-order valence-corrected chi connectivity index (χ1v) is 4.37. The summed E-state index contributed by atoms with van der Waals surface area (Å²) in [5.74, 6) is 0.407. The van der Waals surface area contributed by atoms with Crippen LogP contribution in [-0.4, -0.2) is 13.6 Å². The lowest BCUT2D eigenvalue weighted by Crippen LogP contribution is -2.19. The normalized spacial score (nSPS) is 24.5. The molecule has 0 aromatic heterocycles. The molecule has 0 saturated carbocycles. The molecule has 0 saturated heterocycles. The summed E-state index contributed by atoms with van der Waals surface area (Å²) >= 11 is 11.7. The average Bonchev–Trinajstić information content (AvgIpc) is 1.95. The number of hydrogen-bond donors (Lipinski definition) is 1. The molecular weight excluding hydrogens is 181 g/mol. The van der Waals surface area contributed by atoms with Crippen molar-refractivity contribution in [3.8, 4) is 0 Å². The minimum atomic E-state index is 0.407. The van der Waals surface area contributed by atoms with Crippen molar-refractivity contribution in [1.29, 1.82) is 0 Å². The second-order valence-corrected chi connectivity index (χ2v) is 3.48. The van der Waals surface area contributed by atoms with Crippen molar-refractivity contribution >= 4 is 23.2 Å². The van der Waals surface area contributed by atoms with Crippen molar-refractivity contribution in [3.05, 3.63) is 22.2 Å². The standard InChI is InChI=1S/C8H11Cl2N/c1-11-5-6-2-3-7(9)4-8(6)10/h3-4,6,11H,2,5H2,1H3. The van der Waals surface area contributed by atoms with Crippen molar-refractivity contribution in [2.24, 2.45) is 5.92 Å². The van der Waals surface area contributed by atoms with E-state index in [1.54, 1.807) is 0 Å². The van der Waals surface area contributed by atoms with Gasteiger partial charge in [-0.25, -0.2) is 0 Å². The maximum absolute atomic E-state index is 5.95. The van der Waals surface area contributed by atoms with E-state index in [1.165, 1.54) is 0 Å². The molecule has 0 spiro atoms. The molecule has 0 aromatic carbocycles. The third kappa shape index (κ3) is 2.51. The Morgan fingerprint density at radius 1 is 1.64 bits per heavy atom. The predicted molar refractivity (Wildman–Crippen MR) is 49.9 cm³/mol. The largest absolute Gasteiger partial charge is 0.319 e. The van der Waals surface area contributed by atoms with E-state index >= 15 is 0 Å². The summed E-state index contributed by atoms with van der Waals surface area (Å²) in [6.45, 7) is 0.913. The number of halogens is 2. The van der Waals surface area contributed by atoms with E-state index in [-0.39, 0.29) is 0 Å². The van der Waals surface area contributed by atoms with Gasteiger partial charge in [-0.1, -0.05) is 29.3 Å². The van der Waals surface area contributed by atoms with Crippen LogP contribution in [0.1, 0.15) is 6.42 Å². The molecular formula is C8H11Cl2N. The zero-order valence-corrected chi connectivity index (χ0v) is 7.91. The fraction of sp³-hybridized carbons (Fsp3) is 0.500. The van der Waals surface area contributed by atoms with Gasteiger partial charge in [0.15, 0.2) is 0 Å². The van der Waals surface area contributed by atoms with Gasteiger partial charge in [0.1, 0.15) is 0 Å². The average molecular weight is 192 g/mol. The van der Waals surface area contributed by atoms with Crippen LogP contribution in [0.3, 0.4) is 0 Å². The van der Waals surface area contributed by atoms with E-state index in [1.807, 2.05) is 19.2 Å². The van der Waals surface area contributed by atoms with Gasteiger partial charge in [-0.05, 0) is 19.5 Å². The van der Waals surface area contributed by atoms with E-state index in [0.29, 0.717) is 5.92 Å². The van der Waals surface area contributed by atoms with Gasteiger partial charge >= 0.3 is 0 Å². The van der Waals surface area contributed by atoms with Gasteiger partial charge in [-0.3, -0.25) is 0 Å². The summed E-state index contributed by atoms with van der Waals surface area (Å²) in [6.07, 6.45) is 4.75. The third-order valence-corrected chi connectivity index (χ3v) is 2.39. The Morgan fingerprint density at radius 2 is 2.36 bits per heavy atom. The molecule has 62 valence electrons. The Hall–Kier alpha value is 0.0200. The van der Waals surface area contributed by atoms with E-state index in [4.69, 9.17) is 23.2 Å². The minimum absolute atomic E-state index is 0.407. The summed E-state index contributed by atoms with van der Waals surface area (Å²) in [5, 5.41) is 4.69. The van der Waals surface area contributed by atoms with Gasteiger partial charge in [0.25, 0.3) is 0 Å². The summed E-state index contributed by atoms with van der Waals surface area (Å²) in [5.41, 5.74) is 0. The number of nitrogens with one attached hydrogen (secondary N) is 1. The Bertz CT molecular complexity index is 196. The molecule has 0 aliphatic heterocycles. The fourth-order valence-electron chi connectivity index (χ4n) is 1.10. The molecule has 1 nitrogen and oxygen atoms in total. The highest BCUT2D eigenvalue weighted by Gasteiger charge is 2.14. The SMILES string of the molecule is CNCC1CC=C(Cl)C=C1Cl. The zero-order valence-electron chi connectivity index (χ0n) is 6.40. The Kier molecular flexibility index (Phi) is 3.44. The van der Waals surface area contributed by atoms with Crippen LogP contribution < -0.4 is 5.32 Å². The van der Waals surface area contributed by atoms with Crippen molar-refractivity contribution in [3.63, 3.8) is 0 Å². The van der Waals surface area contributed by atoms with Gasteiger partial charge in [-0.2, -0.15) is 0 Å². The molecule has 3 heteroatoms. The molecule has 0 aromatic rings. The lowest BCUT2D eigenvalue weighted by molar-refractivity contribution is 0.591. The molecule has 0 radical (unpaired) electrons. The van der Waals surface area contributed by atoms with Crippen molar-refractivity contribution in [1.82, 2.24) is 5.32 Å². The Labute approximate surface area is 77.1 Å². The molecule has 0 amide bonds.